The quantitative estimate of drug-likeness (QED) is 0.610. The molecule has 0 heterocycles. The number of carbonyl (C=O) groups excluding carboxylic acids is 3. The van der Waals surface area contributed by atoms with Crippen LogP contribution in [0.5, 0.6) is 0 Å². The van der Waals surface area contributed by atoms with Crippen LogP contribution in [0.3, 0.4) is 0 Å². The highest BCUT2D eigenvalue weighted by Gasteiger charge is 2.11. The van der Waals surface area contributed by atoms with Crippen molar-refractivity contribution in [2.45, 2.75) is 6.42 Å². The van der Waals surface area contributed by atoms with Crippen LogP contribution in [0.4, 0.5) is 11.4 Å². The van der Waals surface area contributed by atoms with Crippen molar-refractivity contribution in [2.24, 2.45) is 0 Å². The van der Waals surface area contributed by atoms with Crippen molar-refractivity contribution in [2.75, 3.05) is 17.7 Å². The van der Waals surface area contributed by atoms with Gasteiger partial charge in [0.15, 0.2) is 0 Å². The number of halogens is 2. The van der Waals surface area contributed by atoms with Gasteiger partial charge >= 0.3 is 5.97 Å². The molecule has 0 atom stereocenters. The van der Waals surface area contributed by atoms with Gasteiger partial charge in [-0.3, -0.25) is 9.59 Å². The van der Waals surface area contributed by atoms with Gasteiger partial charge in [-0.25, -0.2) is 4.79 Å². The summed E-state index contributed by atoms with van der Waals surface area (Å²) in [7, 11) is 1.28. The Morgan fingerprint density at radius 2 is 1.44 bits per heavy atom. The molecule has 6 nitrogen and oxygen atoms in total. The van der Waals surface area contributed by atoms with Gasteiger partial charge in [0.2, 0.25) is 11.8 Å². The molecule has 0 unspecified atom stereocenters. The molecular weight excluding hydrogens is 367 g/mol. The predicted molar refractivity (Wildman–Crippen MR) is 96.1 cm³/mol. The fourth-order valence-electron chi connectivity index (χ4n) is 1.94. The number of anilines is 2. The van der Waals surface area contributed by atoms with E-state index in [-0.39, 0.29) is 6.42 Å². The summed E-state index contributed by atoms with van der Waals surface area (Å²) in [5.74, 6) is -1.47. The molecule has 0 aliphatic heterocycles. The van der Waals surface area contributed by atoms with E-state index in [1.54, 1.807) is 24.3 Å². The van der Waals surface area contributed by atoms with Gasteiger partial charge < -0.3 is 15.4 Å². The van der Waals surface area contributed by atoms with Gasteiger partial charge in [-0.2, -0.15) is 0 Å². The van der Waals surface area contributed by atoms with Crippen LogP contribution in [-0.4, -0.2) is 24.9 Å². The Labute approximate surface area is 154 Å². The minimum Gasteiger partial charge on any atom is -0.465 e. The lowest BCUT2D eigenvalue weighted by Gasteiger charge is -2.08. The van der Waals surface area contributed by atoms with Crippen molar-refractivity contribution in [1.29, 1.82) is 0 Å². The van der Waals surface area contributed by atoms with Crippen LogP contribution in [0, 0.1) is 0 Å². The molecule has 2 amide bonds. The maximum atomic E-state index is 11.9. The molecule has 2 N–H and O–H groups in total. The average molecular weight is 381 g/mol. The van der Waals surface area contributed by atoms with Crippen molar-refractivity contribution in [3.05, 3.63) is 58.1 Å². The van der Waals surface area contributed by atoms with E-state index in [1.807, 2.05) is 0 Å². The summed E-state index contributed by atoms with van der Waals surface area (Å²) in [5, 5.41) is 5.79. The predicted octanol–water partition coefficient (Wildman–Crippen LogP) is 3.75. The third-order valence-corrected chi connectivity index (χ3v) is 3.85. The number of rotatable bonds is 5. The van der Waals surface area contributed by atoms with Gasteiger partial charge in [0.1, 0.15) is 6.42 Å². The summed E-state index contributed by atoms with van der Waals surface area (Å²) >= 11 is 11.7. The highest BCUT2D eigenvalue weighted by Crippen LogP contribution is 2.25. The van der Waals surface area contributed by atoms with Crippen LogP contribution >= 0.6 is 23.2 Å². The van der Waals surface area contributed by atoms with Crippen molar-refractivity contribution in [1.82, 2.24) is 0 Å². The monoisotopic (exact) mass is 380 g/mol. The number of benzene rings is 2. The molecule has 0 bridgehead atoms. The molecule has 0 fully saturated rings. The molecule has 2 rings (SSSR count). The smallest absolute Gasteiger partial charge is 0.337 e. The topological polar surface area (TPSA) is 84.5 Å². The molecule has 130 valence electrons. The molecule has 25 heavy (non-hydrogen) atoms. The Morgan fingerprint density at radius 1 is 0.880 bits per heavy atom. The van der Waals surface area contributed by atoms with E-state index >= 15 is 0 Å². The van der Waals surface area contributed by atoms with Crippen molar-refractivity contribution >= 4 is 52.4 Å². The molecule has 0 aliphatic carbocycles. The van der Waals surface area contributed by atoms with Gasteiger partial charge in [0.25, 0.3) is 0 Å². The summed E-state index contributed by atoms with van der Waals surface area (Å²) < 4.78 is 4.59. The van der Waals surface area contributed by atoms with E-state index in [4.69, 9.17) is 23.2 Å². The van der Waals surface area contributed by atoms with Crippen LogP contribution in [-0.2, 0) is 14.3 Å². The number of nitrogens with one attached hydrogen (secondary N) is 2. The van der Waals surface area contributed by atoms with E-state index in [2.05, 4.69) is 15.4 Å². The van der Waals surface area contributed by atoms with Crippen LogP contribution < -0.4 is 10.6 Å². The first kappa shape index (κ1) is 18.8. The van der Waals surface area contributed by atoms with Gasteiger partial charge in [-0.05, 0) is 42.5 Å². The van der Waals surface area contributed by atoms with Crippen LogP contribution in [0.25, 0.3) is 0 Å². The van der Waals surface area contributed by atoms with Crippen molar-refractivity contribution < 1.29 is 19.1 Å². The summed E-state index contributed by atoms with van der Waals surface area (Å²) in [6.45, 7) is 0. The SMILES string of the molecule is COC(=O)c1ccc(NC(=O)CC(=O)Nc2ccc(Cl)c(Cl)c2)cc1. The standard InChI is InChI=1S/C17H14Cl2N2O4/c1-25-17(24)10-2-4-11(5-3-10)20-15(22)9-16(23)21-12-6-7-13(18)14(19)8-12/h2-8H,9H2,1H3,(H,20,22)(H,21,23). The van der Waals surface area contributed by atoms with E-state index < -0.39 is 17.8 Å². The Hall–Kier alpha value is -2.57. The number of amides is 2. The number of carbonyl (C=O) groups is 3. The van der Waals surface area contributed by atoms with Crippen LogP contribution in [0.15, 0.2) is 42.5 Å². The molecule has 2 aromatic rings. The molecule has 0 aromatic heterocycles. The van der Waals surface area contributed by atoms with E-state index in [0.29, 0.717) is 27.0 Å². The van der Waals surface area contributed by atoms with Gasteiger partial charge in [-0.1, -0.05) is 23.2 Å². The highest BCUT2D eigenvalue weighted by molar-refractivity contribution is 6.42. The first-order valence-electron chi connectivity index (χ1n) is 7.12. The van der Waals surface area contributed by atoms with Crippen LogP contribution in [0.2, 0.25) is 10.0 Å². The fourth-order valence-corrected chi connectivity index (χ4v) is 2.24. The Kier molecular flexibility index (Phi) is 6.38. The van der Waals surface area contributed by atoms with Gasteiger partial charge in [0.05, 0.1) is 22.7 Å². The molecule has 0 saturated heterocycles. The van der Waals surface area contributed by atoms with Gasteiger partial charge in [0, 0.05) is 11.4 Å². The Bertz CT molecular complexity index is 807. The number of hydrogen-bond donors (Lipinski definition) is 2. The molecule has 0 spiro atoms. The molecule has 0 aliphatic rings. The normalized spacial score (nSPS) is 10.0. The largest absolute Gasteiger partial charge is 0.465 e. The summed E-state index contributed by atoms with van der Waals surface area (Å²) in [6.07, 6.45) is -0.376. The third-order valence-electron chi connectivity index (χ3n) is 3.11. The summed E-state index contributed by atoms with van der Waals surface area (Å²) in [5.41, 5.74) is 1.26. The minimum absolute atomic E-state index is 0.301. The number of esters is 1. The summed E-state index contributed by atoms with van der Waals surface area (Å²) in [4.78, 5) is 35.1. The highest BCUT2D eigenvalue weighted by atomic mass is 35.5. The first-order valence-corrected chi connectivity index (χ1v) is 7.88. The minimum atomic E-state index is -0.498. The van der Waals surface area contributed by atoms with Crippen molar-refractivity contribution in [3.8, 4) is 0 Å². The zero-order chi connectivity index (χ0) is 18.4. The first-order chi connectivity index (χ1) is 11.9. The summed E-state index contributed by atoms with van der Waals surface area (Å²) in [6, 6.07) is 10.7. The van der Waals surface area contributed by atoms with E-state index in [1.165, 1.54) is 25.3 Å². The third kappa shape index (κ3) is 5.48. The lowest BCUT2D eigenvalue weighted by molar-refractivity contribution is -0.123. The molecule has 8 heteroatoms. The Balaban J connectivity index is 1.89. The lowest BCUT2D eigenvalue weighted by Crippen LogP contribution is -2.21. The molecule has 2 aromatic carbocycles. The molecule has 0 saturated carbocycles. The zero-order valence-electron chi connectivity index (χ0n) is 13.1. The second-order valence-corrected chi connectivity index (χ2v) is 5.79. The fraction of sp³-hybridized carbons (Fsp3) is 0.118. The van der Waals surface area contributed by atoms with Crippen LogP contribution in [0.1, 0.15) is 16.8 Å². The number of ether oxygens (including phenoxy) is 1. The second kappa shape index (κ2) is 8.50. The average Bonchev–Trinajstić information content (AvgIpc) is 2.58. The lowest BCUT2D eigenvalue weighted by atomic mass is 10.2. The molecule has 0 radical (unpaired) electrons. The van der Waals surface area contributed by atoms with E-state index in [9.17, 15) is 14.4 Å². The molecular formula is C17H14Cl2N2O4. The maximum Gasteiger partial charge on any atom is 0.337 e. The number of methoxy groups -OCH3 is 1. The maximum absolute atomic E-state index is 11.9. The number of hydrogen-bond acceptors (Lipinski definition) is 4. The van der Waals surface area contributed by atoms with Gasteiger partial charge in [-0.15, -0.1) is 0 Å². The Morgan fingerprint density at radius 3 is 2.00 bits per heavy atom. The van der Waals surface area contributed by atoms with E-state index in [0.717, 1.165) is 0 Å². The zero-order valence-corrected chi connectivity index (χ0v) is 14.6. The van der Waals surface area contributed by atoms with Crippen molar-refractivity contribution in [3.63, 3.8) is 0 Å². The second-order valence-electron chi connectivity index (χ2n) is 4.97.